The maximum atomic E-state index is 10.8. The molecule has 5 heteroatoms. The number of hydrogen-bond acceptors (Lipinski definition) is 3. The summed E-state index contributed by atoms with van der Waals surface area (Å²) in [6, 6.07) is 0. The fourth-order valence-corrected chi connectivity index (χ4v) is 1.02. The van der Waals surface area contributed by atoms with Gasteiger partial charge in [-0.15, -0.1) is 0 Å². The summed E-state index contributed by atoms with van der Waals surface area (Å²) in [6.07, 6.45) is 3.02. The highest BCUT2D eigenvalue weighted by Gasteiger charge is 2.05. The second kappa shape index (κ2) is 8.50. The van der Waals surface area contributed by atoms with Gasteiger partial charge in [-0.3, -0.25) is 9.59 Å². The number of aliphatic carboxylic acids is 1. The molecule has 0 saturated heterocycles. The third-order valence-corrected chi connectivity index (χ3v) is 1.72. The summed E-state index contributed by atoms with van der Waals surface area (Å²) in [4.78, 5) is 20.9. The number of aliphatic hydroxyl groups is 1. The van der Waals surface area contributed by atoms with Crippen LogP contribution in [0.3, 0.4) is 0 Å². The molecule has 0 radical (unpaired) electrons. The highest BCUT2D eigenvalue weighted by Crippen LogP contribution is 1.97. The normalized spacial score (nSPS) is 9.79. The van der Waals surface area contributed by atoms with Crippen LogP contribution in [0.15, 0.2) is 0 Å². The molecular formula is C9H17NO4. The van der Waals surface area contributed by atoms with Gasteiger partial charge in [0, 0.05) is 13.2 Å². The minimum atomic E-state index is -1.11. The first kappa shape index (κ1) is 12.9. The van der Waals surface area contributed by atoms with Crippen molar-refractivity contribution in [2.75, 3.05) is 13.2 Å². The molecule has 0 fully saturated rings. The van der Waals surface area contributed by atoms with Crippen LogP contribution in [-0.4, -0.2) is 35.2 Å². The van der Waals surface area contributed by atoms with Crippen LogP contribution in [0.4, 0.5) is 0 Å². The molecule has 0 aromatic heterocycles. The first-order valence-electron chi connectivity index (χ1n) is 4.76. The van der Waals surface area contributed by atoms with Gasteiger partial charge in [0.2, 0.25) is 5.91 Å². The first-order chi connectivity index (χ1) is 6.66. The van der Waals surface area contributed by atoms with E-state index in [1.54, 1.807) is 0 Å². The number of amides is 1. The standard InChI is InChI=1S/C9H17NO4/c11-6-4-2-1-3-5-10-8(12)7-9(13)14/h11H,1-7H2,(H,10,12)(H,13,14). The second-order valence-electron chi connectivity index (χ2n) is 3.06. The molecule has 5 nitrogen and oxygen atoms in total. The van der Waals surface area contributed by atoms with E-state index < -0.39 is 18.3 Å². The van der Waals surface area contributed by atoms with Crippen LogP contribution >= 0.6 is 0 Å². The number of carboxylic acid groups (broad SMARTS) is 1. The van der Waals surface area contributed by atoms with Crippen molar-refractivity contribution in [3.8, 4) is 0 Å². The van der Waals surface area contributed by atoms with Crippen molar-refractivity contribution >= 4 is 11.9 Å². The lowest BCUT2D eigenvalue weighted by Crippen LogP contribution is -2.26. The smallest absolute Gasteiger partial charge is 0.312 e. The Labute approximate surface area is 83.1 Å². The molecule has 0 saturated carbocycles. The average Bonchev–Trinajstić information content (AvgIpc) is 2.10. The van der Waals surface area contributed by atoms with Gasteiger partial charge in [0.1, 0.15) is 6.42 Å². The Morgan fingerprint density at radius 1 is 1.07 bits per heavy atom. The van der Waals surface area contributed by atoms with E-state index in [4.69, 9.17) is 10.2 Å². The minimum Gasteiger partial charge on any atom is -0.481 e. The van der Waals surface area contributed by atoms with Gasteiger partial charge in [0.15, 0.2) is 0 Å². The van der Waals surface area contributed by atoms with Crippen molar-refractivity contribution in [1.29, 1.82) is 0 Å². The Balaban J connectivity index is 3.19. The number of aliphatic hydroxyl groups excluding tert-OH is 1. The van der Waals surface area contributed by atoms with E-state index in [1.807, 2.05) is 0 Å². The zero-order valence-electron chi connectivity index (χ0n) is 8.16. The number of carbonyl (C=O) groups is 2. The molecular weight excluding hydrogens is 186 g/mol. The number of rotatable bonds is 8. The fourth-order valence-electron chi connectivity index (χ4n) is 1.02. The second-order valence-corrected chi connectivity index (χ2v) is 3.06. The van der Waals surface area contributed by atoms with Crippen molar-refractivity contribution in [2.45, 2.75) is 32.1 Å². The summed E-state index contributed by atoms with van der Waals surface area (Å²) >= 11 is 0. The van der Waals surface area contributed by atoms with Crippen LogP contribution < -0.4 is 5.32 Å². The molecule has 0 atom stereocenters. The maximum absolute atomic E-state index is 10.8. The quantitative estimate of drug-likeness (QED) is 0.386. The molecule has 1 amide bonds. The van der Waals surface area contributed by atoms with Crippen LogP contribution in [-0.2, 0) is 9.59 Å². The van der Waals surface area contributed by atoms with Crippen LogP contribution in [0.5, 0.6) is 0 Å². The molecule has 82 valence electrons. The first-order valence-corrected chi connectivity index (χ1v) is 4.76. The van der Waals surface area contributed by atoms with Crippen LogP contribution in [0.1, 0.15) is 32.1 Å². The molecule has 0 aliphatic carbocycles. The topological polar surface area (TPSA) is 86.6 Å². The third kappa shape index (κ3) is 8.99. The van der Waals surface area contributed by atoms with Crippen LogP contribution in [0, 0.1) is 0 Å². The fraction of sp³-hybridized carbons (Fsp3) is 0.778. The molecule has 0 rings (SSSR count). The summed E-state index contributed by atoms with van der Waals surface area (Å²) in [5.74, 6) is -1.55. The summed E-state index contributed by atoms with van der Waals surface area (Å²) in [7, 11) is 0. The van der Waals surface area contributed by atoms with Gasteiger partial charge < -0.3 is 15.5 Å². The number of hydrogen-bond donors (Lipinski definition) is 3. The Bertz CT molecular complexity index is 182. The lowest BCUT2D eigenvalue weighted by Gasteiger charge is -2.02. The lowest BCUT2D eigenvalue weighted by molar-refractivity contribution is -0.140. The summed E-state index contributed by atoms with van der Waals surface area (Å²) in [5, 5.41) is 19.3. The Kier molecular flexibility index (Phi) is 7.83. The molecule has 3 N–H and O–H groups in total. The molecule has 0 bridgehead atoms. The Morgan fingerprint density at radius 3 is 2.29 bits per heavy atom. The van der Waals surface area contributed by atoms with Crippen molar-refractivity contribution in [1.82, 2.24) is 5.32 Å². The van der Waals surface area contributed by atoms with Gasteiger partial charge in [-0.1, -0.05) is 12.8 Å². The molecule has 0 aliphatic heterocycles. The number of carboxylic acids is 1. The zero-order valence-corrected chi connectivity index (χ0v) is 8.16. The lowest BCUT2D eigenvalue weighted by atomic mass is 10.2. The highest BCUT2D eigenvalue weighted by atomic mass is 16.4. The number of carbonyl (C=O) groups excluding carboxylic acids is 1. The number of unbranched alkanes of at least 4 members (excludes halogenated alkanes) is 3. The van der Waals surface area contributed by atoms with Crippen LogP contribution in [0.25, 0.3) is 0 Å². The predicted octanol–water partition coefficient (Wildman–Crippen LogP) is 0.130. The van der Waals surface area contributed by atoms with E-state index in [9.17, 15) is 9.59 Å². The summed E-state index contributed by atoms with van der Waals surface area (Å²) in [6.45, 7) is 0.711. The van der Waals surface area contributed by atoms with E-state index in [-0.39, 0.29) is 6.61 Å². The van der Waals surface area contributed by atoms with Crippen LogP contribution in [0.2, 0.25) is 0 Å². The highest BCUT2D eigenvalue weighted by molar-refractivity contribution is 5.93. The van der Waals surface area contributed by atoms with Gasteiger partial charge in [0.25, 0.3) is 0 Å². The van der Waals surface area contributed by atoms with Gasteiger partial charge in [0.05, 0.1) is 0 Å². The monoisotopic (exact) mass is 203 g/mol. The third-order valence-electron chi connectivity index (χ3n) is 1.72. The van der Waals surface area contributed by atoms with Gasteiger partial charge in [-0.25, -0.2) is 0 Å². The van der Waals surface area contributed by atoms with Crippen molar-refractivity contribution < 1.29 is 19.8 Å². The molecule has 0 heterocycles. The van der Waals surface area contributed by atoms with Crippen molar-refractivity contribution in [2.24, 2.45) is 0 Å². The van der Waals surface area contributed by atoms with Crippen molar-refractivity contribution in [3.05, 3.63) is 0 Å². The van der Waals surface area contributed by atoms with E-state index in [1.165, 1.54) is 0 Å². The SMILES string of the molecule is O=C(O)CC(=O)NCCCCCCO. The van der Waals surface area contributed by atoms with E-state index in [2.05, 4.69) is 5.32 Å². The molecule has 0 spiro atoms. The van der Waals surface area contributed by atoms with E-state index in [0.717, 1.165) is 25.7 Å². The van der Waals surface area contributed by atoms with Gasteiger partial charge in [-0.05, 0) is 12.8 Å². The zero-order chi connectivity index (χ0) is 10.8. The molecule has 0 unspecified atom stereocenters. The minimum absolute atomic E-state index is 0.200. The average molecular weight is 203 g/mol. The predicted molar refractivity (Wildman–Crippen MR) is 50.8 cm³/mol. The Morgan fingerprint density at radius 2 is 1.71 bits per heavy atom. The van der Waals surface area contributed by atoms with Crippen molar-refractivity contribution in [3.63, 3.8) is 0 Å². The molecule has 14 heavy (non-hydrogen) atoms. The van der Waals surface area contributed by atoms with E-state index in [0.29, 0.717) is 6.54 Å². The Hall–Kier alpha value is -1.10. The maximum Gasteiger partial charge on any atom is 0.312 e. The molecule has 0 aromatic rings. The molecule has 0 aromatic carbocycles. The summed E-state index contributed by atoms with van der Waals surface area (Å²) in [5.41, 5.74) is 0. The van der Waals surface area contributed by atoms with Gasteiger partial charge >= 0.3 is 5.97 Å². The largest absolute Gasteiger partial charge is 0.481 e. The number of nitrogens with one attached hydrogen (secondary N) is 1. The van der Waals surface area contributed by atoms with E-state index >= 15 is 0 Å². The summed E-state index contributed by atoms with van der Waals surface area (Å²) < 4.78 is 0. The molecule has 0 aliphatic rings. The van der Waals surface area contributed by atoms with Gasteiger partial charge in [-0.2, -0.15) is 0 Å².